The molecule has 0 bridgehead atoms. The first-order valence-electron chi connectivity index (χ1n) is 6.43. The van der Waals surface area contributed by atoms with Gasteiger partial charge >= 0.3 is 5.97 Å². The van der Waals surface area contributed by atoms with E-state index in [0.29, 0.717) is 0 Å². The number of nitrogens with one attached hydrogen (secondary N) is 1. The number of carbonyl (C=O) groups is 2. The van der Waals surface area contributed by atoms with Crippen molar-refractivity contribution in [2.45, 2.75) is 0 Å². The molecular weight excluding hydrogens is 307 g/mol. The Labute approximate surface area is 129 Å². The molecule has 0 atom stereocenters. The molecule has 23 heavy (non-hydrogen) atoms. The number of amides is 1. The number of anilines is 1. The Hall–Kier alpha value is -3.29. The van der Waals surface area contributed by atoms with Crippen molar-refractivity contribution >= 4 is 23.3 Å². The van der Waals surface area contributed by atoms with Gasteiger partial charge in [-0.15, -0.1) is 0 Å². The third-order valence-corrected chi connectivity index (χ3v) is 2.76. The van der Waals surface area contributed by atoms with Crippen LogP contribution in [0.5, 0.6) is 0 Å². The lowest BCUT2D eigenvalue weighted by molar-refractivity contribution is -0.384. The zero-order chi connectivity index (χ0) is 16.8. The Morgan fingerprint density at radius 2 is 1.87 bits per heavy atom. The quantitative estimate of drug-likeness (QED) is 0.519. The van der Waals surface area contributed by atoms with Gasteiger partial charge in [-0.25, -0.2) is 9.18 Å². The molecule has 1 amide bonds. The van der Waals surface area contributed by atoms with Crippen molar-refractivity contribution in [3.8, 4) is 0 Å². The van der Waals surface area contributed by atoms with Crippen LogP contribution in [-0.2, 0) is 9.53 Å². The van der Waals surface area contributed by atoms with E-state index >= 15 is 0 Å². The maximum atomic E-state index is 12.7. The lowest BCUT2D eigenvalue weighted by Gasteiger charge is -2.06. The smallest absolute Gasteiger partial charge is 0.338 e. The highest BCUT2D eigenvalue weighted by Crippen LogP contribution is 2.16. The Kier molecular flexibility index (Phi) is 4.98. The number of esters is 1. The molecule has 0 saturated heterocycles. The molecule has 0 aliphatic heterocycles. The van der Waals surface area contributed by atoms with Crippen LogP contribution in [0.25, 0.3) is 0 Å². The first kappa shape index (κ1) is 16.1. The number of halogens is 1. The molecule has 8 heteroatoms. The molecule has 7 nitrogen and oxygen atoms in total. The number of nitro groups is 1. The van der Waals surface area contributed by atoms with Crippen LogP contribution in [0.3, 0.4) is 0 Å². The van der Waals surface area contributed by atoms with Gasteiger partial charge in [0.1, 0.15) is 5.82 Å². The molecule has 0 radical (unpaired) electrons. The van der Waals surface area contributed by atoms with Gasteiger partial charge in [0, 0.05) is 17.8 Å². The van der Waals surface area contributed by atoms with Gasteiger partial charge in [-0.1, -0.05) is 6.07 Å². The topological polar surface area (TPSA) is 98.5 Å². The number of carbonyl (C=O) groups excluding carboxylic acids is 2. The summed E-state index contributed by atoms with van der Waals surface area (Å²) >= 11 is 0. The van der Waals surface area contributed by atoms with Crippen molar-refractivity contribution in [3.63, 3.8) is 0 Å². The second-order valence-corrected chi connectivity index (χ2v) is 4.44. The number of nitrogens with zero attached hydrogens (tertiary/aromatic N) is 1. The summed E-state index contributed by atoms with van der Waals surface area (Å²) in [4.78, 5) is 33.3. The van der Waals surface area contributed by atoms with E-state index in [0.717, 1.165) is 12.1 Å². The van der Waals surface area contributed by atoms with Crippen LogP contribution in [0.15, 0.2) is 48.5 Å². The average molecular weight is 318 g/mol. The van der Waals surface area contributed by atoms with Gasteiger partial charge < -0.3 is 10.1 Å². The number of nitro benzene ring substituents is 1. The summed E-state index contributed by atoms with van der Waals surface area (Å²) in [7, 11) is 0. The third kappa shape index (κ3) is 4.60. The fourth-order valence-electron chi connectivity index (χ4n) is 1.69. The summed E-state index contributed by atoms with van der Waals surface area (Å²) in [6.45, 7) is -0.571. The van der Waals surface area contributed by atoms with Crippen LogP contribution in [0, 0.1) is 15.9 Å². The maximum absolute atomic E-state index is 12.7. The molecule has 2 aromatic rings. The van der Waals surface area contributed by atoms with E-state index in [2.05, 4.69) is 5.32 Å². The minimum atomic E-state index is -0.779. The van der Waals surface area contributed by atoms with Crippen LogP contribution in [0.4, 0.5) is 15.8 Å². The van der Waals surface area contributed by atoms with Gasteiger partial charge in [-0.3, -0.25) is 14.9 Å². The number of hydrogen-bond donors (Lipinski definition) is 1. The molecule has 2 rings (SSSR count). The highest BCUT2D eigenvalue weighted by atomic mass is 19.1. The van der Waals surface area contributed by atoms with E-state index in [4.69, 9.17) is 4.74 Å². The van der Waals surface area contributed by atoms with Crippen LogP contribution in [0.2, 0.25) is 0 Å². The summed E-state index contributed by atoms with van der Waals surface area (Å²) in [5.74, 6) is -1.93. The van der Waals surface area contributed by atoms with Gasteiger partial charge in [0.2, 0.25) is 0 Å². The standard InChI is InChI=1S/C15H11FN2O5/c16-11-6-4-10(5-7-11)15(20)23-9-14(19)17-12-2-1-3-13(8-12)18(21)22/h1-8H,9H2,(H,17,19). The first-order valence-corrected chi connectivity index (χ1v) is 6.43. The number of rotatable bonds is 5. The predicted molar refractivity (Wildman–Crippen MR) is 78.4 cm³/mol. The van der Waals surface area contributed by atoms with E-state index in [1.807, 2.05) is 0 Å². The lowest BCUT2D eigenvalue weighted by Crippen LogP contribution is -2.21. The minimum Gasteiger partial charge on any atom is -0.452 e. The SMILES string of the molecule is O=C(COC(=O)c1ccc(F)cc1)Nc1cccc([N+](=O)[O-])c1. The van der Waals surface area contributed by atoms with Crippen molar-refractivity contribution in [1.29, 1.82) is 0 Å². The molecule has 0 spiro atoms. The van der Waals surface area contributed by atoms with Crippen LogP contribution in [0.1, 0.15) is 10.4 Å². The minimum absolute atomic E-state index is 0.106. The summed E-state index contributed by atoms with van der Waals surface area (Å²) < 4.78 is 17.5. The zero-order valence-electron chi connectivity index (χ0n) is 11.7. The van der Waals surface area contributed by atoms with Crippen molar-refractivity contribution < 1.29 is 23.6 Å². The molecule has 1 N–H and O–H groups in total. The highest BCUT2D eigenvalue weighted by molar-refractivity contribution is 5.95. The van der Waals surface area contributed by atoms with Crippen LogP contribution >= 0.6 is 0 Å². The molecular formula is C15H11FN2O5. The third-order valence-electron chi connectivity index (χ3n) is 2.76. The van der Waals surface area contributed by atoms with E-state index in [1.54, 1.807) is 0 Å². The Balaban J connectivity index is 1.90. The Morgan fingerprint density at radius 3 is 2.52 bits per heavy atom. The average Bonchev–Trinajstić information content (AvgIpc) is 2.53. The molecule has 0 aliphatic carbocycles. The van der Waals surface area contributed by atoms with E-state index in [9.17, 15) is 24.1 Å². The van der Waals surface area contributed by atoms with Crippen LogP contribution in [-0.4, -0.2) is 23.4 Å². The normalized spacial score (nSPS) is 9.96. The van der Waals surface area contributed by atoms with Gasteiger partial charge in [-0.2, -0.15) is 0 Å². The van der Waals surface area contributed by atoms with Crippen molar-refractivity contribution in [1.82, 2.24) is 0 Å². The highest BCUT2D eigenvalue weighted by Gasteiger charge is 2.12. The molecule has 0 saturated carbocycles. The Morgan fingerprint density at radius 1 is 1.17 bits per heavy atom. The number of non-ortho nitro benzene ring substituents is 1. The van der Waals surface area contributed by atoms with E-state index in [1.165, 1.54) is 36.4 Å². The van der Waals surface area contributed by atoms with E-state index < -0.39 is 29.2 Å². The second-order valence-electron chi connectivity index (χ2n) is 4.44. The second kappa shape index (κ2) is 7.12. The fourth-order valence-corrected chi connectivity index (χ4v) is 1.69. The lowest BCUT2D eigenvalue weighted by atomic mass is 10.2. The molecule has 0 unspecified atom stereocenters. The number of ether oxygens (including phenoxy) is 1. The van der Waals surface area contributed by atoms with Gasteiger partial charge in [0.25, 0.3) is 11.6 Å². The maximum Gasteiger partial charge on any atom is 0.338 e. The van der Waals surface area contributed by atoms with Crippen molar-refractivity contribution in [3.05, 3.63) is 70.0 Å². The zero-order valence-corrected chi connectivity index (χ0v) is 11.7. The molecule has 0 aliphatic rings. The predicted octanol–water partition coefficient (Wildman–Crippen LogP) is 2.53. The summed E-state index contributed by atoms with van der Waals surface area (Å²) in [5, 5.41) is 13.0. The molecule has 118 valence electrons. The largest absolute Gasteiger partial charge is 0.452 e. The summed E-state index contributed by atoms with van der Waals surface area (Å²) in [6, 6.07) is 10.0. The monoisotopic (exact) mass is 318 g/mol. The summed E-state index contributed by atoms with van der Waals surface area (Å²) in [6.07, 6.45) is 0. The van der Waals surface area contributed by atoms with Crippen molar-refractivity contribution in [2.75, 3.05) is 11.9 Å². The van der Waals surface area contributed by atoms with Gasteiger partial charge in [0.05, 0.1) is 10.5 Å². The van der Waals surface area contributed by atoms with E-state index in [-0.39, 0.29) is 16.9 Å². The summed E-state index contributed by atoms with van der Waals surface area (Å²) in [5.41, 5.74) is 0.141. The molecule has 2 aromatic carbocycles. The van der Waals surface area contributed by atoms with Gasteiger partial charge in [0.15, 0.2) is 6.61 Å². The number of hydrogen-bond acceptors (Lipinski definition) is 5. The van der Waals surface area contributed by atoms with Crippen LogP contribution < -0.4 is 5.32 Å². The van der Waals surface area contributed by atoms with Gasteiger partial charge in [-0.05, 0) is 30.3 Å². The molecule has 0 fully saturated rings. The number of benzene rings is 2. The molecule has 0 heterocycles. The first-order chi connectivity index (χ1) is 11.0. The Bertz CT molecular complexity index is 746. The molecule has 0 aromatic heterocycles. The van der Waals surface area contributed by atoms with Crippen molar-refractivity contribution in [2.24, 2.45) is 0 Å². The fraction of sp³-hybridized carbons (Fsp3) is 0.0667.